The zero-order valence-electron chi connectivity index (χ0n) is 57.7. The molecular formula is C92H79BN4. The molecule has 4 nitrogen and oxygen atoms in total. The van der Waals surface area contributed by atoms with Gasteiger partial charge in [0.05, 0.1) is 22.1 Å². The summed E-state index contributed by atoms with van der Waals surface area (Å²) < 4.78 is 4.97. The summed E-state index contributed by atoms with van der Waals surface area (Å²) in [6.45, 7) is 28.3. The van der Waals surface area contributed by atoms with Crippen LogP contribution in [0.25, 0.3) is 109 Å². The number of aromatic nitrogens is 2. The molecule has 0 N–H and O–H groups in total. The van der Waals surface area contributed by atoms with Crippen LogP contribution in [0.2, 0.25) is 0 Å². The van der Waals surface area contributed by atoms with E-state index in [0.29, 0.717) is 0 Å². The molecule has 0 fully saturated rings. The minimum absolute atomic E-state index is 0.142. The molecule has 0 unspecified atom stereocenters. The molecule has 0 aliphatic carbocycles. The minimum Gasteiger partial charge on any atom is -0.311 e. The fraction of sp³-hybridized carbons (Fsp3) is 0.174. The van der Waals surface area contributed by atoms with E-state index in [-0.39, 0.29) is 28.4 Å². The topological polar surface area (TPSA) is 16.3 Å². The number of nitrogens with zero attached hydrogens (tertiary/aromatic N) is 4. The Morgan fingerprint density at radius 2 is 0.639 bits per heavy atom. The second-order valence-electron chi connectivity index (χ2n) is 31.9. The zero-order chi connectivity index (χ0) is 66.3. The first-order valence-electron chi connectivity index (χ1n) is 34.8. The van der Waals surface area contributed by atoms with Gasteiger partial charge in [-0.25, -0.2) is 0 Å². The highest BCUT2D eigenvalue weighted by Gasteiger charge is 2.45. The van der Waals surface area contributed by atoms with Gasteiger partial charge in [0.1, 0.15) is 0 Å². The Kier molecular flexibility index (Phi) is 12.7. The highest BCUT2D eigenvalue weighted by molar-refractivity contribution is 7.00. The van der Waals surface area contributed by atoms with Crippen LogP contribution in [0.4, 0.5) is 34.1 Å². The van der Waals surface area contributed by atoms with E-state index in [0.717, 1.165) is 28.0 Å². The maximum atomic E-state index is 2.70. The van der Waals surface area contributed by atoms with Crippen LogP contribution in [-0.2, 0) is 21.7 Å². The lowest BCUT2D eigenvalue weighted by Gasteiger charge is -2.45. The van der Waals surface area contributed by atoms with E-state index in [1.807, 2.05) is 0 Å². The van der Waals surface area contributed by atoms with E-state index in [1.165, 1.54) is 154 Å². The van der Waals surface area contributed by atoms with Crippen molar-refractivity contribution in [1.82, 2.24) is 9.13 Å². The van der Waals surface area contributed by atoms with Crippen molar-refractivity contribution in [1.29, 1.82) is 0 Å². The number of para-hydroxylation sites is 3. The molecule has 97 heavy (non-hydrogen) atoms. The summed E-state index contributed by atoms with van der Waals surface area (Å²) in [5.41, 5.74) is 25.0. The van der Waals surface area contributed by atoms with E-state index < -0.39 is 0 Å². The second-order valence-corrected chi connectivity index (χ2v) is 31.9. The predicted octanol–water partition coefficient (Wildman–Crippen LogP) is 23.4. The number of rotatable bonds is 5. The van der Waals surface area contributed by atoms with E-state index in [4.69, 9.17) is 0 Å². The number of fused-ring (bicyclic) bond motifs is 17. The van der Waals surface area contributed by atoms with Gasteiger partial charge in [0.15, 0.2) is 0 Å². The zero-order valence-corrected chi connectivity index (χ0v) is 57.7. The molecule has 0 radical (unpaired) electrons. The van der Waals surface area contributed by atoms with E-state index in [2.05, 4.69) is 363 Å². The minimum atomic E-state index is -0.146. The molecule has 0 atom stereocenters. The Morgan fingerprint density at radius 1 is 0.247 bits per heavy atom. The van der Waals surface area contributed by atoms with Gasteiger partial charge in [-0.2, -0.15) is 0 Å². The molecule has 0 saturated carbocycles. The quantitative estimate of drug-likeness (QED) is 0.126. The van der Waals surface area contributed by atoms with Crippen molar-refractivity contribution >= 4 is 144 Å². The third kappa shape index (κ3) is 9.17. The van der Waals surface area contributed by atoms with Crippen LogP contribution in [0.1, 0.15) is 105 Å². The Balaban J connectivity index is 1.01. The van der Waals surface area contributed by atoms with E-state index in [9.17, 15) is 0 Å². The fourth-order valence-electron chi connectivity index (χ4n) is 16.4. The summed E-state index contributed by atoms with van der Waals surface area (Å²) in [5, 5.41) is 14.9. The molecule has 2 aliphatic heterocycles. The van der Waals surface area contributed by atoms with Crippen LogP contribution < -0.4 is 26.2 Å². The Morgan fingerprint density at radius 3 is 1.09 bits per heavy atom. The van der Waals surface area contributed by atoms with Gasteiger partial charge in [0.2, 0.25) is 0 Å². The van der Waals surface area contributed by atoms with Crippen LogP contribution in [-0.4, -0.2) is 15.8 Å². The van der Waals surface area contributed by atoms with Crippen molar-refractivity contribution in [3.63, 3.8) is 0 Å². The molecule has 16 aromatic rings. The van der Waals surface area contributed by atoms with Crippen LogP contribution in [0, 0.1) is 0 Å². The van der Waals surface area contributed by atoms with Gasteiger partial charge in [-0.15, -0.1) is 0 Å². The van der Waals surface area contributed by atoms with Gasteiger partial charge in [-0.05, 0) is 212 Å². The third-order valence-corrected chi connectivity index (χ3v) is 21.5. The summed E-state index contributed by atoms with van der Waals surface area (Å²) in [6.07, 6.45) is 0. The second kappa shape index (κ2) is 20.9. The fourth-order valence-corrected chi connectivity index (χ4v) is 16.4. The molecule has 5 heteroatoms. The number of hydrogen-bond donors (Lipinski definition) is 0. The summed E-state index contributed by atoms with van der Waals surface area (Å²) in [6, 6.07) is 101. The molecule has 0 saturated heterocycles. The number of anilines is 6. The highest BCUT2D eigenvalue weighted by atomic mass is 15.2. The average molecular weight is 1250 g/mol. The lowest BCUT2D eigenvalue weighted by molar-refractivity contribution is 0.568. The number of benzene rings is 14. The first kappa shape index (κ1) is 58.9. The lowest BCUT2D eigenvalue weighted by Crippen LogP contribution is -2.61. The van der Waals surface area contributed by atoms with Crippen molar-refractivity contribution < 1.29 is 0 Å². The van der Waals surface area contributed by atoms with Crippen molar-refractivity contribution in [2.75, 3.05) is 9.80 Å². The maximum absolute atomic E-state index is 2.70. The molecule has 14 aromatic carbocycles. The molecule has 470 valence electrons. The van der Waals surface area contributed by atoms with Gasteiger partial charge < -0.3 is 18.9 Å². The molecular weight excluding hydrogens is 1170 g/mol. The largest absolute Gasteiger partial charge is 0.311 e. The van der Waals surface area contributed by atoms with Crippen molar-refractivity contribution in [3.8, 4) is 22.5 Å². The summed E-state index contributed by atoms with van der Waals surface area (Å²) >= 11 is 0. The molecule has 0 spiro atoms. The van der Waals surface area contributed by atoms with Crippen LogP contribution in [0.15, 0.2) is 261 Å². The SMILES string of the molecule is CC(C)(C)c1cc(N2c3cc4c(ccc5ccccc54)cc3B3c4cc5ccc6ccccc6c5cc4N(c4cc(C(C)(C)C)cc(C(C)(C)C)c4)c4cc(-c5ccc6c7c8c9ccccc9n(-c9ccccc9)c8ccc7n(-c7ccccc7)c6c5)cc2c43)cc(C(C)(C)C)c1. The summed E-state index contributed by atoms with van der Waals surface area (Å²) in [7, 11) is 0. The first-order chi connectivity index (χ1) is 46.6. The van der Waals surface area contributed by atoms with Crippen LogP contribution >= 0.6 is 0 Å². The highest BCUT2D eigenvalue weighted by Crippen LogP contribution is 2.52. The van der Waals surface area contributed by atoms with Gasteiger partial charge in [0.25, 0.3) is 6.71 Å². The van der Waals surface area contributed by atoms with Crippen molar-refractivity contribution in [3.05, 3.63) is 283 Å². The average Bonchev–Trinajstić information content (AvgIpc) is 0.778. The summed E-state index contributed by atoms with van der Waals surface area (Å²) in [5.74, 6) is 0. The molecule has 0 amide bonds. The third-order valence-electron chi connectivity index (χ3n) is 21.5. The predicted molar refractivity (Wildman–Crippen MR) is 419 cm³/mol. The Hall–Kier alpha value is -10.6. The van der Waals surface area contributed by atoms with Crippen molar-refractivity contribution in [2.24, 2.45) is 0 Å². The molecule has 4 heterocycles. The number of hydrogen-bond acceptors (Lipinski definition) is 2. The molecule has 18 rings (SSSR count). The Bertz CT molecular complexity index is 5700. The van der Waals surface area contributed by atoms with Crippen LogP contribution in [0.3, 0.4) is 0 Å². The van der Waals surface area contributed by atoms with E-state index in [1.54, 1.807) is 0 Å². The maximum Gasteiger partial charge on any atom is 0.252 e. The Labute approximate surface area is 569 Å². The van der Waals surface area contributed by atoms with Crippen LogP contribution in [0.5, 0.6) is 0 Å². The molecule has 0 bridgehead atoms. The van der Waals surface area contributed by atoms with Gasteiger partial charge >= 0.3 is 0 Å². The van der Waals surface area contributed by atoms with Gasteiger partial charge in [-0.1, -0.05) is 247 Å². The van der Waals surface area contributed by atoms with Gasteiger partial charge in [-0.3, -0.25) is 0 Å². The normalized spacial score (nSPS) is 13.5. The lowest BCUT2D eigenvalue weighted by atomic mass is 9.33. The molecule has 2 aliphatic rings. The molecule has 2 aromatic heterocycles. The standard InChI is InChI=1S/C92H79BN4/c1-89(2,3)62-48-63(90(4,5)6)51-68(50-62)96-82-54-74-59(37-35-56-25-19-21-31-70(56)74)43-76(82)93-77-44-60-38-36-57-26-20-22-32-71(57)75(60)55-83(77)97(69-52-64(91(7,8)9)49-65(53-69)92(10,11)12)85-47-61(46-84(96)88(85)93)58-39-40-73-81(45-58)95(67-29-17-14-18-30-67)80-42-41-79-86(87(73)80)72-33-23-24-34-78(72)94(79)66-27-15-13-16-28-66/h13-55H,1-12H3. The smallest absolute Gasteiger partial charge is 0.252 e. The van der Waals surface area contributed by atoms with E-state index >= 15 is 0 Å². The van der Waals surface area contributed by atoms with Crippen molar-refractivity contribution in [2.45, 2.75) is 105 Å². The first-order valence-corrected chi connectivity index (χ1v) is 34.8. The monoisotopic (exact) mass is 1250 g/mol. The summed E-state index contributed by atoms with van der Waals surface area (Å²) in [4.78, 5) is 5.39. The van der Waals surface area contributed by atoms with Gasteiger partial charge in [0, 0.05) is 67.0 Å².